The summed E-state index contributed by atoms with van der Waals surface area (Å²) < 4.78 is 4.73. The van der Waals surface area contributed by atoms with Gasteiger partial charge in [-0.3, -0.25) is 4.79 Å². The average molecular weight is 241 g/mol. The maximum Gasteiger partial charge on any atom is 0.273 e. The highest BCUT2D eigenvalue weighted by molar-refractivity contribution is 5.92. The van der Waals surface area contributed by atoms with Crippen molar-refractivity contribution in [3.05, 3.63) is 17.5 Å². The predicted molar refractivity (Wildman–Crippen MR) is 62.5 cm³/mol. The van der Waals surface area contributed by atoms with Gasteiger partial charge in [0, 0.05) is 12.6 Å². The van der Waals surface area contributed by atoms with E-state index in [0.29, 0.717) is 12.3 Å². The molecule has 1 aromatic heterocycles. The molecule has 0 atom stereocenters. The number of hydrogen-bond donors (Lipinski definition) is 2. The number of aliphatic hydroxyl groups is 1. The number of aliphatic hydroxyl groups excluding tert-OH is 1. The van der Waals surface area contributed by atoms with E-state index in [4.69, 9.17) is 9.63 Å². The molecule has 0 aliphatic rings. The van der Waals surface area contributed by atoms with Crippen molar-refractivity contribution in [3.63, 3.8) is 0 Å². The Morgan fingerprint density at radius 3 is 2.88 bits per heavy atom. The average Bonchev–Trinajstić information content (AvgIpc) is 2.76. The number of rotatable bonds is 7. The predicted octanol–water partition coefficient (Wildman–Crippen LogP) is 0.238. The van der Waals surface area contributed by atoms with Gasteiger partial charge in [0.2, 0.25) is 0 Å². The third-order valence-electron chi connectivity index (χ3n) is 2.27. The Kier molecular flexibility index (Phi) is 5.65. The molecule has 1 aromatic rings. The van der Waals surface area contributed by atoms with Crippen molar-refractivity contribution < 1.29 is 14.4 Å². The molecule has 0 bridgehead atoms. The van der Waals surface area contributed by atoms with Crippen LogP contribution in [0.2, 0.25) is 0 Å². The minimum absolute atomic E-state index is 0.210. The number of carbonyl (C=O) groups excluding carboxylic acids is 1. The summed E-state index contributed by atoms with van der Waals surface area (Å²) in [6.07, 6.45) is 1.96. The second-order valence-electron chi connectivity index (χ2n) is 4.10. The number of hydrogen-bond acceptors (Lipinski definition) is 5. The monoisotopic (exact) mass is 241 g/mol. The van der Waals surface area contributed by atoms with Crippen LogP contribution in [-0.4, -0.2) is 48.3 Å². The second-order valence-corrected chi connectivity index (χ2v) is 4.10. The lowest BCUT2D eigenvalue weighted by atomic mass is 10.3. The van der Waals surface area contributed by atoms with Crippen LogP contribution >= 0.6 is 0 Å². The van der Waals surface area contributed by atoms with Crippen molar-refractivity contribution in [2.24, 2.45) is 0 Å². The molecule has 1 heterocycles. The normalized spacial score (nSPS) is 10.8. The molecule has 0 saturated heterocycles. The molecule has 0 unspecified atom stereocenters. The van der Waals surface area contributed by atoms with Crippen molar-refractivity contribution in [3.8, 4) is 0 Å². The standard InChI is InChI=1S/C11H19N3O3/c1-14(2)6-4-3-5-12-11(16)10-7-9(8-15)17-13-10/h7,15H,3-6,8H2,1-2H3,(H,12,16). The molecule has 0 saturated carbocycles. The molecule has 0 spiro atoms. The maximum atomic E-state index is 11.5. The van der Waals surface area contributed by atoms with Gasteiger partial charge in [-0.25, -0.2) is 0 Å². The van der Waals surface area contributed by atoms with Crippen LogP contribution in [0.15, 0.2) is 10.6 Å². The Labute approximate surface area is 101 Å². The lowest BCUT2D eigenvalue weighted by Gasteiger charge is -2.08. The molecule has 0 aliphatic carbocycles. The molecule has 0 fully saturated rings. The number of amides is 1. The fourth-order valence-electron chi connectivity index (χ4n) is 1.34. The molecular weight excluding hydrogens is 222 g/mol. The smallest absolute Gasteiger partial charge is 0.273 e. The minimum Gasteiger partial charge on any atom is -0.388 e. The van der Waals surface area contributed by atoms with Gasteiger partial charge in [-0.15, -0.1) is 0 Å². The van der Waals surface area contributed by atoms with Gasteiger partial charge >= 0.3 is 0 Å². The van der Waals surface area contributed by atoms with Crippen LogP contribution in [-0.2, 0) is 6.61 Å². The van der Waals surface area contributed by atoms with Crippen molar-refractivity contribution in [1.82, 2.24) is 15.4 Å². The Morgan fingerprint density at radius 2 is 2.29 bits per heavy atom. The quantitative estimate of drug-likeness (QED) is 0.668. The molecule has 0 aliphatic heterocycles. The summed E-state index contributed by atoms with van der Waals surface area (Å²) in [5.74, 6) is 0.0288. The topological polar surface area (TPSA) is 78.6 Å². The van der Waals surface area contributed by atoms with E-state index in [0.717, 1.165) is 19.4 Å². The molecule has 6 nitrogen and oxygen atoms in total. The number of carbonyl (C=O) groups is 1. The third kappa shape index (κ3) is 4.97. The molecule has 1 amide bonds. The van der Waals surface area contributed by atoms with E-state index in [2.05, 4.69) is 15.4 Å². The number of nitrogens with zero attached hydrogens (tertiary/aromatic N) is 2. The van der Waals surface area contributed by atoms with Gasteiger partial charge in [0.1, 0.15) is 6.61 Å². The van der Waals surface area contributed by atoms with Gasteiger partial charge in [0.05, 0.1) is 0 Å². The number of unbranched alkanes of at least 4 members (excludes halogenated alkanes) is 1. The summed E-state index contributed by atoms with van der Waals surface area (Å²) in [5, 5.41) is 15.1. The Hall–Kier alpha value is -1.40. The van der Waals surface area contributed by atoms with Crippen LogP contribution < -0.4 is 5.32 Å². The fourth-order valence-corrected chi connectivity index (χ4v) is 1.34. The highest BCUT2D eigenvalue weighted by Gasteiger charge is 2.10. The highest BCUT2D eigenvalue weighted by atomic mass is 16.5. The van der Waals surface area contributed by atoms with Gasteiger partial charge in [-0.05, 0) is 33.5 Å². The Balaban J connectivity index is 2.21. The van der Waals surface area contributed by atoms with E-state index < -0.39 is 0 Å². The fraction of sp³-hybridized carbons (Fsp3) is 0.636. The zero-order valence-corrected chi connectivity index (χ0v) is 10.3. The van der Waals surface area contributed by atoms with Crippen molar-refractivity contribution in [1.29, 1.82) is 0 Å². The van der Waals surface area contributed by atoms with E-state index in [9.17, 15) is 4.79 Å². The molecule has 6 heteroatoms. The SMILES string of the molecule is CN(C)CCCCNC(=O)c1cc(CO)on1. The first-order valence-electron chi connectivity index (χ1n) is 5.63. The minimum atomic E-state index is -0.265. The lowest BCUT2D eigenvalue weighted by molar-refractivity contribution is 0.0943. The highest BCUT2D eigenvalue weighted by Crippen LogP contribution is 2.02. The summed E-state index contributed by atoms with van der Waals surface area (Å²) in [5.41, 5.74) is 0.210. The first kappa shape index (κ1) is 13.7. The van der Waals surface area contributed by atoms with Gasteiger partial charge in [0.25, 0.3) is 5.91 Å². The van der Waals surface area contributed by atoms with Crippen molar-refractivity contribution in [2.45, 2.75) is 19.4 Å². The van der Waals surface area contributed by atoms with Gasteiger partial charge in [-0.1, -0.05) is 5.16 Å². The third-order valence-corrected chi connectivity index (χ3v) is 2.27. The van der Waals surface area contributed by atoms with Crippen LogP contribution in [0.3, 0.4) is 0 Å². The summed E-state index contributed by atoms with van der Waals surface area (Å²) >= 11 is 0. The summed E-state index contributed by atoms with van der Waals surface area (Å²) in [6.45, 7) is 1.38. The largest absolute Gasteiger partial charge is 0.388 e. The first-order valence-corrected chi connectivity index (χ1v) is 5.63. The Bertz CT molecular complexity index is 349. The van der Waals surface area contributed by atoms with E-state index in [1.165, 1.54) is 6.07 Å². The number of aromatic nitrogens is 1. The molecule has 96 valence electrons. The zero-order chi connectivity index (χ0) is 12.7. The van der Waals surface area contributed by atoms with E-state index >= 15 is 0 Å². The molecular formula is C11H19N3O3. The zero-order valence-electron chi connectivity index (χ0n) is 10.3. The van der Waals surface area contributed by atoms with Crippen LogP contribution in [0, 0.1) is 0 Å². The van der Waals surface area contributed by atoms with Crippen molar-refractivity contribution in [2.75, 3.05) is 27.2 Å². The van der Waals surface area contributed by atoms with Gasteiger partial charge in [0.15, 0.2) is 11.5 Å². The van der Waals surface area contributed by atoms with Gasteiger partial charge < -0.3 is 19.8 Å². The van der Waals surface area contributed by atoms with E-state index in [-0.39, 0.29) is 18.2 Å². The maximum absolute atomic E-state index is 11.5. The van der Waals surface area contributed by atoms with Crippen LogP contribution in [0.1, 0.15) is 29.1 Å². The van der Waals surface area contributed by atoms with Crippen LogP contribution in [0.25, 0.3) is 0 Å². The van der Waals surface area contributed by atoms with E-state index in [1.807, 2.05) is 14.1 Å². The summed E-state index contributed by atoms with van der Waals surface area (Å²) in [6, 6.07) is 1.44. The van der Waals surface area contributed by atoms with Crippen LogP contribution in [0.5, 0.6) is 0 Å². The first-order chi connectivity index (χ1) is 8.13. The second kappa shape index (κ2) is 7.03. The van der Waals surface area contributed by atoms with E-state index in [1.54, 1.807) is 0 Å². The molecule has 0 radical (unpaired) electrons. The van der Waals surface area contributed by atoms with Crippen molar-refractivity contribution >= 4 is 5.91 Å². The van der Waals surface area contributed by atoms with Crippen LogP contribution in [0.4, 0.5) is 0 Å². The lowest BCUT2D eigenvalue weighted by Crippen LogP contribution is -2.25. The molecule has 2 N–H and O–H groups in total. The molecule has 17 heavy (non-hydrogen) atoms. The number of nitrogens with one attached hydrogen (secondary N) is 1. The summed E-state index contributed by atoms with van der Waals surface area (Å²) in [4.78, 5) is 13.6. The molecule has 0 aromatic carbocycles. The molecule has 1 rings (SSSR count). The Morgan fingerprint density at radius 1 is 1.53 bits per heavy atom. The summed E-state index contributed by atoms with van der Waals surface area (Å²) in [7, 11) is 4.04. The van der Waals surface area contributed by atoms with Gasteiger partial charge in [-0.2, -0.15) is 0 Å².